The molecular weight excluding hydrogens is 360 g/mol. The van der Waals surface area contributed by atoms with E-state index in [2.05, 4.69) is 0 Å². The average Bonchev–Trinajstić information content (AvgIpc) is 3.15. The molecule has 0 spiro atoms. The first kappa shape index (κ1) is 17.8. The quantitative estimate of drug-likeness (QED) is 0.819. The smallest absolute Gasteiger partial charge is 0.264 e. The van der Waals surface area contributed by atoms with Crippen molar-refractivity contribution in [2.75, 3.05) is 24.4 Å². The summed E-state index contributed by atoms with van der Waals surface area (Å²) in [7, 11) is -2.32. The van der Waals surface area contributed by atoms with E-state index < -0.39 is 10.0 Å². The van der Waals surface area contributed by atoms with Crippen molar-refractivity contribution in [1.82, 2.24) is 4.90 Å². The zero-order valence-corrected chi connectivity index (χ0v) is 15.4. The number of halogens is 1. The molecular formula is C18H19ClN2O3S. The van der Waals surface area contributed by atoms with Gasteiger partial charge in [0.05, 0.1) is 10.6 Å². The van der Waals surface area contributed by atoms with E-state index >= 15 is 0 Å². The van der Waals surface area contributed by atoms with E-state index in [0.29, 0.717) is 16.3 Å². The van der Waals surface area contributed by atoms with Gasteiger partial charge in [-0.15, -0.1) is 0 Å². The van der Waals surface area contributed by atoms with Crippen LogP contribution in [0.3, 0.4) is 0 Å². The number of carbonyl (C=O) groups excluding carboxylic acids is 1. The number of likely N-dealkylation sites (tertiary alicyclic amines) is 1. The lowest BCUT2D eigenvalue weighted by molar-refractivity contribution is 0.0792. The normalized spacial score (nSPS) is 14.6. The third kappa shape index (κ3) is 3.65. The van der Waals surface area contributed by atoms with Crippen molar-refractivity contribution in [1.29, 1.82) is 0 Å². The van der Waals surface area contributed by atoms with Gasteiger partial charge in [-0.05, 0) is 49.2 Å². The van der Waals surface area contributed by atoms with E-state index in [4.69, 9.17) is 11.6 Å². The minimum absolute atomic E-state index is 0.0834. The molecule has 0 saturated carbocycles. The van der Waals surface area contributed by atoms with Crippen LogP contribution in [0.4, 0.5) is 5.69 Å². The molecule has 132 valence electrons. The van der Waals surface area contributed by atoms with Gasteiger partial charge in [0.1, 0.15) is 0 Å². The van der Waals surface area contributed by atoms with Crippen molar-refractivity contribution < 1.29 is 13.2 Å². The van der Waals surface area contributed by atoms with Gasteiger partial charge in [-0.25, -0.2) is 8.42 Å². The Morgan fingerprint density at radius 1 is 1.08 bits per heavy atom. The molecule has 0 radical (unpaired) electrons. The predicted molar refractivity (Wildman–Crippen MR) is 98.6 cm³/mol. The minimum atomic E-state index is -3.78. The highest BCUT2D eigenvalue weighted by Gasteiger charge is 2.24. The molecule has 5 nitrogen and oxygen atoms in total. The number of amides is 1. The first-order valence-electron chi connectivity index (χ1n) is 8.03. The van der Waals surface area contributed by atoms with Gasteiger partial charge in [0.2, 0.25) is 0 Å². The summed E-state index contributed by atoms with van der Waals surface area (Å²) in [6, 6.07) is 12.8. The van der Waals surface area contributed by atoms with Gasteiger partial charge in [0, 0.05) is 30.7 Å². The zero-order valence-electron chi connectivity index (χ0n) is 13.9. The van der Waals surface area contributed by atoms with E-state index in [9.17, 15) is 13.2 Å². The van der Waals surface area contributed by atoms with Gasteiger partial charge < -0.3 is 4.90 Å². The Labute approximate surface area is 152 Å². The van der Waals surface area contributed by atoms with Crippen LogP contribution in [0.15, 0.2) is 53.4 Å². The van der Waals surface area contributed by atoms with E-state index in [1.165, 1.54) is 23.5 Å². The van der Waals surface area contributed by atoms with Crippen molar-refractivity contribution in [3.05, 3.63) is 59.1 Å². The van der Waals surface area contributed by atoms with Crippen LogP contribution < -0.4 is 4.31 Å². The highest BCUT2D eigenvalue weighted by atomic mass is 35.5. The van der Waals surface area contributed by atoms with Gasteiger partial charge in [0.15, 0.2) is 0 Å². The molecule has 0 N–H and O–H groups in total. The number of carbonyl (C=O) groups is 1. The second-order valence-corrected chi connectivity index (χ2v) is 8.39. The number of rotatable bonds is 4. The lowest BCUT2D eigenvalue weighted by Gasteiger charge is -2.20. The number of sulfonamides is 1. The van der Waals surface area contributed by atoms with E-state index in [-0.39, 0.29) is 10.8 Å². The van der Waals surface area contributed by atoms with Gasteiger partial charge in [0.25, 0.3) is 15.9 Å². The number of hydrogen-bond acceptors (Lipinski definition) is 3. The van der Waals surface area contributed by atoms with Gasteiger partial charge in [-0.2, -0.15) is 0 Å². The largest absolute Gasteiger partial charge is 0.339 e. The lowest BCUT2D eigenvalue weighted by Crippen LogP contribution is -2.29. The molecule has 1 saturated heterocycles. The maximum atomic E-state index is 12.9. The van der Waals surface area contributed by atoms with Crippen LogP contribution in [0.25, 0.3) is 0 Å². The molecule has 0 atom stereocenters. The SMILES string of the molecule is CN(c1cccc(Cl)c1)S(=O)(=O)c1cccc(C(=O)N2CCCC2)c1. The monoisotopic (exact) mass is 378 g/mol. The highest BCUT2D eigenvalue weighted by Crippen LogP contribution is 2.25. The number of hydrogen-bond donors (Lipinski definition) is 0. The Morgan fingerprint density at radius 3 is 2.44 bits per heavy atom. The molecule has 1 aliphatic heterocycles. The molecule has 1 heterocycles. The molecule has 0 unspecified atom stereocenters. The van der Waals surface area contributed by atoms with Crippen molar-refractivity contribution in [3.63, 3.8) is 0 Å². The second kappa shape index (κ2) is 7.06. The Bertz CT molecular complexity index is 893. The van der Waals surface area contributed by atoms with Gasteiger partial charge >= 0.3 is 0 Å². The van der Waals surface area contributed by atoms with E-state index in [1.54, 1.807) is 41.3 Å². The summed E-state index contributed by atoms with van der Waals surface area (Å²) in [6.07, 6.45) is 1.97. The van der Waals surface area contributed by atoms with E-state index in [1.807, 2.05) is 0 Å². The maximum Gasteiger partial charge on any atom is 0.264 e. The number of nitrogens with zero attached hydrogens (tertiary/aromatic N) is 2. The summed E-state index contributed by atoms with van der Waals surface area (Å²) in [5, 5.41) is 0.456. The summed E-state index contributed by atoms with van der Waals surface area (Å²) >= 11 is 5.95. The zero-order chi connectivity index (χ0) is 18.0. The minimum Gasteiger partial charge on any atom is -0.339 e. The fourth-order valence-electron chi connectivity index (χ4n) is 2.86. The Balaban J connectivity index is 1.92. The molecule has 7 heteroatoms. The molecule has 2 aromatic rings. The molecule has 2 aromatic carbocycles. The van der Waals surface area contributed by atoms with Crippen LogP contribution in [0, 0.1) is 0 Å². The van der Waals surface area contributed by atoms with Crippen LogP contribution in [0.2, 0.25) is 5.02 Å². The second-order valence-electron chi connectivity index (χ2n) is 5.98. The Morgan fingerprint density at radius 2 is 1.76 bits per heavy atom. The van der Waals surface area contributed by atoms with Crippen molar-refractivity contribution in [3.8, 4) is 0 Å². The molecule has 0 aromatic heterocycles. The maximum absolute atomic E-state index is 12.9. The summed E-state index contributed by atoms with van der Waals surface area (Å²) < 4.78 is 27.0. The Hall–Kier alpha value is -2.05. The first-order chi connectivity index (χ1) is 11.9. The number of anilines is 1. The molecule has 0 bridgehead atoms. The van der Waals surface area contributed by atoms with Crippen LogP contribution in [-0.4, -0.2) is 39.4 Å². The first-order valence-corrected chi connectivity index (χ1v) is 9.85. The molecule has 1 aliphatic rings. The molecule has 1 amide bonds. The molecule has 3 rings (SSSR count). The Kier molecular flexibility index (Phi) is 5.01. The van der Waals surface area contributed by atoms with Crippen molar-refractivity contribution in [2.45, 2.75) is 17.7 Å². The summed E-state index contributed by atoms with van der Waals surface area (Å²) in [5.41, 5.74) is 0.853. The lowest BCUT2D eigenvalue weighted by atomic mass is 10.2. The molecule has 25 heavy (non-hydrogen) atoms. The fourth-order valence-corrected chi connectivity index (χ4v) is 4.28. The van der Waals surface area contributed by atoms with Crippen molar-refractivity contribution >= 4 is 33.2 Å². The van der Waals surface area contributed by atoms with Crippen molar-refractivity contribution in [2.24, 2.45) is 0 Å². The highest BCUT2D eigenvalue weighted by molar-refractivity contribution is 7.92. The summed E-state index contributed by atoms with van der Waals surface area (Å²) in [5.74, 6) is -0.125. The van der Waals surface area contributed by atoms with Gasteiger partial charge in [-0.3, -0.25) is 9.10 Å². The molecule has 1 fully saturated rings. The molecule has 0 aliphatic carbocycles. The number of benzene rings is 2. The standard InChI is InChI=1S/C18H19ClN2O3S/c1-20(16-8-5-7-15(19)13-16)25(23,24)17-9-4-6-14(12-17)18(22)21-10-2-3-11-21/h4-9,12-13H,2-3,10-11H2,1H3. The third-order valence-electron chi connectivity index (χ3n) is 4.30. The van der Waals surface area contributed by atoms with Gasteiger partial charge in [-0.1, -0.05) is 23.7 Å². The van der Waals surface area contributed by atoms with E-state index in [0.717, 1.165) is 25.9 Å². The summed E-state index contributed by atoms with van der Waals surface area (Å²) in [6.45, 7) is 1.44. The summed E-state index contributed by atoms with van der Waals surface area (Å²) in [4.78, 5) is 14.4. The predicted octanol–water partition coefficient (Wildman–Crippen LogP) is 3.40. The third-order valence-corrected chi connectivity index (χ3v) is 6.32. The van der Waals surface area contributed by atoms with Crippen LogP contribution in [0.5, 0.6) is 0 Å². The van der Waals surface area contributed by atoms with Crippen LogP contribution >= 0.6 is 11.6 Å². The topological polar surface area (TPSA) is 57.7 Å². The average molecular weight is 379 g/mol. The van der Waals surface area contributed by atoms with Crippen LogP contribution in [0.1, 0.15) is 23.2 Å². The van der Waals surface area contributed by atoms with Crippen LogP contribution in [-0.2, 0) is 10.0 Å². The fraction of sp³-hybridized carbons (Fsp3) is 0.278.